The van der Waals surface area contributed by atoms with Gasteiger partial charge in [-0.1, -0.05) is 6.92 Å². The molecule has 1 aromatic heterocycles. The third kappa shape index (κ3) is 4.94. The number of anilines is 3. The maximum atomic E-state index is 13.5. The molecule has 3 aromatic rings. The first-order valence-corrected chi connectivity index (χ1v) is 10.2. The van der Waals surface area contributed by atoms with Gasteiger partial charge in [0.25, 0.3) is 0 Å². The summed E-state index contributed by atoms with van der Waals surface area (Å²) in [5.41, 5.74) is 3.28. The number of likely N-dealkylation sites (N-methyl/N-ethyl adjacent to an activating group) is 1. The Kier molecular flexibility index (Phi) is 5.94. The fourth-order valence-electron chi connectivity index (χ4n) is 3.88. The minimum Gasteiger partial charge on any atom is -0.381 e. The van der Waals surface area contributed by atoms with Gasteiger partial charge in [0.1, 0.15) is 18.0 Å². The molecule has 1 atom stereocenters. The van der Waals surface area contributed by atoms with Crippen molar-refractivity contribution in [2.45, 2.75) is 32.7 Å². The smallest absolute Gasteiger partial charge is 0.246 e. The maximum absolute atomic E-state index is 13.5. The summed E-state index contributed by atoms with van der Waals surface area (Å²) in [5, 5.41) is 11.1. The van der Waals surface area contributed by atoms with Gasteiger partial charge in [0.2, 0.25) is 5.95 Å². The predicted octanol–water partition coefficient (Wildman–Crippen LogP) is 4.49. The van der Waals surface area contributed by atoms with E-state index in [9.17, 15) is 8.78 Å². The number of hydrogen-bond acceptors (Lipinski definition) is 5. The lowest BCUT2D eigenvalue weighted by atomic mass is 10.0. The molecule has 1 aliphatic heterocycles. The van der Waals surface area contributed by atoms with E-state index in [2.05, 4.69) is 38.6 Å². The van der Waals surface area contributed by atoms with Crippen molar-refractivity contribution in [1.82, 2.24) is 19.7 Å². The highest BCUT2D eigenvalue weighted by atomic mass is 19.1. The zero-order valence-electron chi connectivity index (χ0n) is 17.2. The van der Waals surface area contributed by atoms with Crippen LogP contribution in [0, 0.1) is 18.6 Å². The number of aryl methyl sites for hydroxylation is 1. The molecule has 0 amide bonds. The molecule has 0 radical (unpaired) electrons. The van der Waals surface area contributed by atoms with Crippen LogP contribution in [-0.2, 0) is 0 Å². The highest BCUT2D eigenvalue weighted by molar-refractivity contribution is 5.63. The van der Waals surface area contributed by atoms with Crippen molar-refractivity contribution in [1.29, 1.82) is 0 Å². The molecule has 8 heteroatoms. The van der Waals surface area contributed by atoms with E-state index in [4.69, 9.17) is 0 Å². The van der Waals surface area contributed by atoms with Crippen LogP contribution in [0.3, 0.4) is 0 Å². The van der Waals surface area contributed by atoms with Gasteiger partial charge < -0.3 is 15.5 Å². The summed E-state index contributed by atoms with van der Waals surface area (Å²) in [7, 11) is 0. The molecule has 1 fully saturated rings. The molecule has 2 N–H and O–H groups in total. The lowest BCUT2D eigenvalue weighted by Crippen LogP contribution is -2.41. The fourth-order valence-corrected chi connectivity index (χ4v) is 3.88. The van der Waals surface area contributed by atoms with E-state index in [1.165, 1.54) is 36.1 Å². The minimum absolute atomic E-state index is 0.275. The lowest BCUT2D eigenvalue weighted by molar-refractivity contribution is 0.227. The van der Waals surface area contributed by atoms with Crippen LogP contribution in [0.2, 0.25) is 0 Å². The zero-order valence-corrected chi connectivity index (χ0v) is 17.2. The average molecular weight is 412 g/mol. The van der Waals surface area contributed by atoms with E-state index < -0.39 is 11.6 Å². The zero-order chi connectivity index (χ0) is 21.1. The van der Waals surface area contributed by atoms with Crippen molar-refractivity contribution < 1.29 is 8.78 Å². The number of hydrogen-bond donors (Lipinski definition) is 2. The van der Waals surface area contributed by atoms with Crippen LogP contribution in [0.5, 0.6) is 0 Å². The first-order chi connectivity index (χ1) is 14.5. The van der Waals surface area contributed by atoms with Crippen molar-refractivity contribution in [3.05, 3.63) is 59.9 Å². The normalized spacial score (nSPS) is 17.1. The van der Waals surface area contributed by atoms with Crippen molar-refractivity contribution in [3.8, 4) is 5.69 Å². The second-order valence-corrected chi connectivity index (χ2v) is 7.73. The van der Waals surface area contributed by atoms with Gasteiger partial charge in [-0.05, 0) is 68.8 Å². The number of benzene rings is 2. The lowest BCUT2D eigenvalue weighted by Gasteiger charge is -2.33. The quantitative estimate of drug-likeness (QED) is 0.625. The summed E-state index contributed by atoms with van der Waals surface area (Å²) < 4.78 is 28.3. The van der Waals surface area contributed by atoms with Crippen molar-refractivity contribution in [3.63, 3.8) is 0 Å². The number of likely N-dealkylation sites (tertiary alicyclic amines) is 1. The first kappa shape index (κ1) is 20.3. The molecule has 1 aliphatic rings. The minimum atomic E-state index is -0.659. The van der Waals surface area contributed by atoms with Crippen LogP contribution < -0.4 is 10.6 Å². The van der Waals surface area contributed by atoms with Crippen molar-refractivity contribution in [2.75, 3.05) is 30.3 Å². The van der Waals surface area contributed by atoms with Gasteiger partial charge in [-0.2, -0.15) is 4.98 Å². The van der Waals surface area contributed by atoms with E-state index in [1.807, 2.05) is 19.1 Å². The Labute approximate surface area is 174 Å². The van der Waals surface area contributed by atoms with E-state index >= 15 is 0 Å². The second kappa shape index (κ2) is 8.79. The van der Waals surface area contributed by atoms with E-state index in [-0.39, 0.29) is 5.69 Å². The summed E-state index contributed by atoms with van der Waals surface area (Å²) in [4.78, 5) is 6.67. The highest BCUT2D eigenvalue weighted by Gasteiger charge is 2.18. The SMILES string of the molecule is CCN1CCCC(Nc2cc(C)cc(Nc3ncn(-c4cc(F)cc(F)c4)n3)c2)C1. The molecular formula is C22H26F2N6. The molecule has 30 heavy (non-hydrogen) atoms. The van der Waals surface area contributed by atoms with Crippen molar-refractivity contribution >= 4 is 17.3 Å². The van der Waals surface area contributed by atoms with Crippen LogP contribution >= 0.6 is 0 Å². The van der Waals surface area contributed by atoms with Crippen LogP contribution in [0.1, 0.15) is 25.3 Å². The molecule has 2 heterocycles. The van der Waals surface area contributed by atoms with E-state index in [1.54, 1.807) is 0 Å². The molecule has 2 aromatic carbocycles. The Morgan fingerprint density at radius 2 is 1.83 bits per heavy atom. The molecule has 0 saturated carbocycles. The molecule has 0 bridgehead atoms. The summed E-state index contributed by atoms with van der Waals surface area (Å²) >= 11 is 0. The number of rotatable bonds is 6. The number of piperidine rings is 1. The first-order valence-electron chi connectivity index (χ1n) is 10.2. The van der Waals surface area contributed by atoms with Gasteiger partial charge in [-0.3, -0.25) is 0 Å². The highest BCUT2D eigenvalue weighted by Crippen LogP contribution is 2.24. The summed E-state index contributed by atoms with van der Waals surface area (Å²) in [6.45, 7) is 7.52. The number of halogens is 2. The standard InChI is InChI=1S/C22H26F2N6/c1-3-29-6-4-5-18(13-29)26-19-7-15(2)8-20(12-19)27-22-25-14-30(28-22)21-10-16(23)9-17(24)11-21/h7-12,14,18,26H,3-6,13H2,1-2H3,(H,27,28). The molecule has 158 valence electrons. The van der Waals surface area contributed by atoms with Crippen molar-refractivity contribution in [2.24, 2.45) is 0 Å². The number of nitrogens with zero attached hydrogens (tertiary/aromatic N) is 4. The molecule has 1 saturated heterocycles. The van der Waals surface area contributed by atoms with Crippen LogP contribution in [-0.4, -0.2) is 45.3 Å². The molecular weight excluding hydrogens is 386 g/mol. The Morgan fingerprint density at radius 1 is 1.07 bits per heavy atom. The van der Waals surface area contributed by atoms with Gasteiger partial charge in [0, 0.05) is 30.0 Å². The summed E-state index contributed by atoms with van der Waals surface area (Å²) in [5.74, 6) is -0.964. The Morgan fingerprint density at radius 3 is 2.60 bits per heavy atom. The average Bonchev–Trinajstić information content (AvgIpc) is 3.15. The van der Waals surface area contributed by atoms with Gasteiger partial charge in [-0.15, -0.1) is 5.10 Å². The maximum Gasteiger partial charge on any atom is 0.246 e. The van der Waals surface area contributed by atoms with E-state index in [0.29, 0.717) is 12.0 Å². The molecule has 4 rings (SSSR count). The Hall–Kier alpha value is -3.00. The Bertz CT molecular complexity index is 998. The number of aromatic nitrogens is 3. The second-order valence-electron chi connectivity index (χ2n) is 7.73. The van der Waals surface area contributed by atoms with Crippen LogP contribution in [0.4, 0.5) is 26.1 Å². The van der Waals surface area contributed by atoms with Crippen LogP contribution in [0.25, 0.3) is 5.69 Å². The molecule has 0 spiro atoms. The molecule has 0 aliphatic carbocycles. The van der Waals surface area contributed by atoms with Gasteiger partial charge in [-0.25, -0.2) is 13.5 Å². The van der Waals surface area contributed by atoms with Gasteiger partial charge in [0.15, 0.2) is 0 Å². The fraction of sp³-hybridized carbons (Fsp3) is 0.364. The topological polar surface area (TPSA) is 58.0 Å². The summed E-state index contributed by atoms with van der Waals surface area (Å²) in [6, 6.07) is 9.83. The largest absolute Gasteiger partial charge is 0.381 e. The third-order valence-electron chi connectivity index (χ3n) is 5.26. The summed E-state index contributed by atoms with van der Waals surface area (Å²) in [6.07, 6.45) is 3.78. The van der Waals surface area contributed by atoms with E-state index in [0.717, 1.165) is 42.5 Å². The predicted molar refractivity (Wildman–Crippen MR) is 114 cm³/mol. The molecule has 6 nitrogen and oxygen atoms in total. The van der Waals surface area contributed by atoms with Gasteiger partial charge in [0.05, 0.1) is 5.69 Å². The van der Waals surface area contributed by atoms with Gasteiger partial charge >= 0.3 is 0 Å². The third-order valence-corrected chi connectivity index (χ3v) is 5.26. The van der Waals surface area contributed by atoms with Crippen LogP contribution in [0.15, 0.2) is 42.7 Å². The Balaban J connectivity index is 1.48. The monoisotopic (exact) mass is 412 g/mol. The molecule has 1 unspecified atom stereocenters. The number of nitrogens with one attached hydrogen (secondary N) is 2.